The summed E-state index contributed by atoms with van der Waals surface area (Å²) in [5.74, 6) is -0.484. The number of hydrogen-bond acceptors (Lipinski definition) is 3. The van der Waals surface area contributed by atoms with Crippen molar-refractivity contribution in [3.63, 3.8) is 0 Å². The van der Waals surface area contributed by atoms with Gasteiger partial charge >= 0.3 is 6.03 Å². The summed E-state index contributed by atoms with van der Waals surface area (Å²) in [5, 5.41) is 2.62. The van der Waals surface area contributed by atoms with E-state index >= 15 is 0 Å². The van der Waals surface area contributed by atoms with Crippen molar-refractivity contribution in [2.75, 3.05) is 19.5 Å². The van der Waals surface area contributed by atoms with Crippen LogP contribution in [0.1, 0.15) is 19.4 Å². The molecule has 0 heterocycles. The Labute approximate surface area is 151 Å². The van der Waals surface area contributed by atoms with Crippen LogP contribution in [0.2, 0.25) is 0 Å². The minimum atomic E-state index is -0.503. The third-order valence-electron chi connectivity index (χ3n) is 3.53. The molecular weight excluding hydrogens is 342 g/mol. The van der Waals surface area contributed by atoms with Crippen LogP contribution < -0.4 is 14.8 Å². The van der Waals surface area contributed by atoms with Crippen LogP contribution in [0.15, 0.2) is 36.4 Å². The number of carbonyl (C=O) groups is 1. The lowest BCUT2D eigenvalue weighted by atomic mass is 10.2. The number of benzene rings is 2. The van der Waals surface area contributed by atoms with Gasteiger partial charge in [0.05, 0.1) is 18.9 Å². The van der Waals surface area contributed by atoms with Crippen molar-refractivity contribution in [2.24, 2.45) is 0 Å². The van der Waals surface area contributed by atoms with E-state index in [9.17, 15) is 13.6 Å². The smallest absolute Gasteiger partial charge is 0.321 e. The lowest BCUT2D eigenvalue weighted by Crippen LogP contribution is -2.31. The molecule has 0 unspecified atom stereocenters. The Morgan fingerprint density at radius 3 is 2.46 bits per heavy atom. The molecule has 0 spiro atoms. The number of carbonyl (C=O) groups excluding carboxylic acids is 1. The van der Waals surface area contributed by atoms with Crippen molar-refractivity contribution in [2.45, 2.75) is 26.5 Å². The fourth-order valence-electron chi connectivity index (χ4n) is 2.32. The minimum Gasteiger partial charge on any atom is -0.494 e. The number of methoxy groups -OCH3 is 1. The second kappa shape index (κ2) is 8.51. The van der Waals surface area contributed by atoms with Crippen molar-refractivity contribution >= 4 is 11.7 Å². The normalized spacial score (nSPS) is 10.6. The Morgan fingerprint density at radius 2 is 1.85 bits per heavy atom. The second-order valence-corrected chi connectivity index (χ2v) is 6.06. The first-order valence-corrected chi connectivity index (χ1v) is 8.11. The van der Waals surface area contributed by atoms with Crippen LogP contribution in [0, 0.1) is 11.6 Å². The highest BCUT2D eigenvalue weighted by atomic mass is 19.1. The Bertz CT molecular complexity index is 781. The molecule has 0 aliphatic carbocycles. The third-order valence-corrected chi connectivity index (χ3v) is 3.53. The minimum absolute atomic E-state index is 0.129. The maximum Gasteiger partial charge on any atom is 0.321 e. The number of rotatable bonds is 6. The summed E-state index contributed by atoms with van der Waals surface area (Å²) in [6.07, 6.45) is -0.129. The zero-order valence-electron chi connectivity index (χ0n) is 15.2. The summed E-state index contributed by atoms with van der Waals surface area (Å²) in [4.78, 5) is 13.7. The van der Waals surface area contributed by atoms with Crippen molar-refractivity contribution in [3.8, 4) is 11.5 Å². The molecule has 0 fully saturated rings. The van der Waals surface area contributed by atoms with Crippen molar-refractivity contribution in [1.29, 1.82) is 0 Å². The first kappa shape index (κ1) is 19.5. The topological polar surface area (TPSA) is 50.8 Å². The van der Waals surface area contributed by atoms with Gasteiger partial charge in [0.25, 0.3) is 0 Å². The Balaban J connectivity index is 2.09. The summed E-state index contributed by atoms with van der Waals surface area (Å²) in [6, 6.07) is 7.91. The van der Waals surface area contributed by atoms with E-state index < -0.39 is 17.7 Å². The van der Waals surface area contributed by atoms with Gasteiger partial charge in [-0.2, -0.15) is 0 Å². The molecule has 0 atom stereocenters. The van der Waals surface area contributed by atoms with E-state index in [0.717, 1.165) is 0 Å². The average molecular weight is 364 g/mol. The van der Waals surface area contributed by atoms with Gasteiger partial charge in [0.2, 0.25) is 0 Å². The third kappa shape index (κ3) is 5.08. The van der Waals surface area contributed by atoms with Crippen LogP contribution in [-0.4, -0.2) is 31.2 Å². The second-order valence-electron chi connectivity index (χ2n) is 6.06. The van der Waals surface area contributed by atoms with Gasteiger partial charge in [-0.25, -0.2) is 13.6 Å². The highest BCUT2D eigenvalue weighted by Gasteiger charge is 2.15. The number of halogens is 2. The highest BCUT2D eigenvalue weighted by molar-refractivity contribution is 5.90. The number of nitrogens with zero attached hydrogens (tertiary/aromatic N) is 1. The summed E-state index contributed by atoms with van der Waals surface area (Å²) in [7, 11) is 2.94. The molecule has 7 heteroatoms. The molecule has 0 saturated heterocycles. The van der Waals surface area contributed by atoms with E-state index in [4.69, 9.17) is 9.47 Å². The quantitative estimate of drug-likeness (QED) is 0.825. The molecule has 2 aromatic rings. The van der Waals surface area contributed by atoms with E-state index in [1.165, 1.54) is 42.3 Å². The number of ether oxygens (including phenoxy) is 2. The van der Waals surface area contributed by atoms with Crippen LogP contribution in [-0.2, 0) is 6.54 Å². The van der Waals surface area contributed by atoms with Crippen molar-refractivity contribution in [3.05, 3.63) is 53.6 Å². The van der Waals surface area contributed by atoms with Crippen LogP contribution >= 0.6 is 0 Å². The number of anilines is 1. The predicted molar refractivity (Wildman–Crippen MR) is 95.6 cm³/mol. The summed E-state index contributed by atoms with van der Waals surface area (Å²) in [6.45, 7) is 3.83. The van der Waals surface area contributed by atoms with E-state index in [0.29, 0.717) is 11.3 Å². The molecule has 0 bridgehead atoms. The highest BCUT2D eigenvalue weighted by Crippen LogP contribution is 2.27. The largest absolute Gasteiger partial charge is 0.494 e. The van der Waals surface area contributed by atoms with Crippen molar-refractivity contribution < 1.29 is 23.0 Å². The zero-order valence-corrected chi connectivity index (χ0v) is 15.2. The van der Waals surface area contributed by atoms with Gasteiger partial charge in [-0.3, -0.25) is 0 Å². The molecule has 5 nitrogen and oxygen atoms in total. The van der Waals surface area contributed by atoms with Gasteiger partial charge in [-0.05, 0) is 43.7 Å². The van der Waals surface area contributed by atoms with E-state index in [-0.39, 0.29) is 24.1 Å². The predicted octanol–water partition coefficient (Wildman–Crippen LogP) is 4.42. The van der Waals surface area contributed by atoms with Gasteiger partial charge in [-0.1, -0.05) is 6.07 Å². The van der Waals surface area contributed by atoms with E-state index in [2.05, 4.69) is 5.32 Å². The number of hydrogen-bond donors (Lipinski definition) is 1. The summed E-state index contributed by atoms with van der Waals surface area (Å²) >= 11 is 0. The molecule has 2 amide bonds. The standard InChI is InChI=1S/C19H22F2N2O3/c1-12(2)26-18-8-6-14(20)10-16(18)22-19(24)23(3)11-13-5-7-17(25-4)15(21)9-13/h5-10,12H,11H2,1-4H3,(H,22,24). The lowest BCUT2D eigenvalue weighted by Gasteiger charge is -2.20. The molecule has 140 valence electrons. The lowest BCUT2D eigenvalue weighted by molar-refractivity contribution is 0.219. The van der Waals surface area contributed by atoms with Crippen LogP contribution in [0.4, 0.5) is 19.3 Å². The maximum absolute atomic E-state index is 13.8. The van der Waals surface area contributed by atoms with Gasteiger partial charge in [-0.15, -0.1) is 0 Å². The SMILES string of the molecule is COc1ccc(CN(C)C(=O)Nc2cc(F)ccc2OC(C)C)cc1F. The number of nitrogens with one attached hydrogen (secondary N) is 1. The molecule has 0 aliphatic heterocycles. The molecule has 0 aromatic heterocycles. The first-order chi connectivity index (χ1) is 12.3. The zero-order chi connectivity index (χ0) is 19.3. The first-order valence-electron chi connectivity index (χ1n) is 8.11. The Kier molecular flexibility index (Phi) is 6.38. The van der Waals surface area contributed by atoms with E-state index in [1.54, 1.807) is 13.1 Å². The molecule has 2 rings (SSSR count). The van der Waals surface area contributed by atoms with Crippen LogP contribution in [0.25, 0.3) is 0 Å². The van der Waals surface area contributed by atoms with Gasteiger partial charge in [0.15, 0.2) is 11.6 Å². The van der Waals surface area contributed by atoms with Gasteiger partial charge < -0.3 is 19.7 Å². The molecule has 2 aromatic carbocycles. The average Bonchev–Trinajstić information content (AvgIpc) is 2.57. The number of urea groups is 1. The van der Waals surface area contributed by atoms with Crippen LogP contribution in [0.3, 0.4) is 0 Å². The molecular formula is C19H22F2N2O3. The monoisotopic (exact) mass is 364 g/mol. The molecule has 1 N–H and O–H groups in total. The Morgan fingerprint density at radius 1 is 1.15 bits per heavy atom. The summed E-state index contributed by atoms with van der Waals surface area (Å²) < 4.78 is 37.7. The Hall–Kier alpha value is -2.83. The maximum atomic E-state index is 13.8. The molecule has 0 saturated carbocycles. The molecule has 26 heavy (non-hydrogen) atoms. The molecule has 0 radical (unpaired) electrons. The van der Waals surface area contributed by atoms with Gasteiger partial charge in [0, 0.05) is 19.7 Å². The van der Waals surface area contributed by atoms with Crippen molar-refractivity contribution in [1.82, 2.24) is 4.90 Å². The fourth-order valence-corrected chi connectivity index (χ4v) is 2.32. The van der Waals surface area contributed by atoms with Gasteiger partial charge in [0.1, 0.15) is 11.6 Å². The summed E-state index contributed by atoms with van der Waals surface area (Å²) in [5.41, 5.74) is 0.829. The van der Waals surface area contributed by atoms with E-state index in [1.807, 2.05) is 13.8 Å². The molecule has 0 aliphatic rings. The van der Waals surface area contributed by atoms with Crippen LogP contribution in [0.5, 0.6) is 11.5 Å². The number of amides is 2. The fraction of sp³-hybridized carbons (Fsp3) is 0.316.